The number of aromatic amines is 1. The standard InChI is InChI=1S/C7H13N3.C3H8/c1-5-7(3-4-8)6(2)10-9-5;1-3-2/h3-4,8H2,1-2H3,(H,9,10);3H2,1-2H3. The fourth-order valence-corrected chi connectivity index (χ4v) is 1.09. The molecular weight excluding hydrogens is 162 g/mol. The summed E-state index contributed by atoms with van der Waals surface area (Å²) < 4.78 is 0. The number of nitrogens with zero attached hydrogens (tertiary/aromatic N) is 1. The topological polar surface area (TPSA) is 54.7 Å². The predicted molar refractivity (Wildman–Crippen MR) is 56.8 cm³/mol. The maximum absolute atomic E-state index is 5.42. The average molecular weight is 183 g/mol. The van der Waals surface area contributed by atoms with Gasteiger partial charge in [0.15, 0.2) is 0 Å². The zero-order valence-electron chi connectivity index (χ0n) is 9.15. The summed E-state index contributed by atoms with van der Waals surface area (Å²) in [6.07, 6.45) is 2.17. The molecule has 0 spiro atoms. The Balaban J connectivity index is 0.000000424. The molecule has 0 aromatic carbocycles. The minimum atomic E-state index is 0.696. The Bertz CT molecular complexity index is 209. The van der Waals surface area contributed by atoms with Crippen LogP contribution < -0.4 is 5.73 Å². The largest absolute Gasteiger partial charge is 0.330 e. The smallest absolute Gasteiger partial charge is 0.0626 e. The highest BCUT2D eigenvalue weighted by Gasteiger charge is 2.03. The van der Waals surface area contributed by atoms with Gasteiger partial charge in [0.2, 0.25) is 0 Å². The number of hydrogen-bond donors (Lipinski definition) is 2. The minimum Gasteiger partial charge on any atom is -0.330 e. The molecule has 76 valence electrons. The zero-order chi connectivity index (χ0) is 10.3. The van der Waals surface area contributed by atoms with Crippen LogP contribution in [0.3, 0.4) is 0 Å². The van der Waals surface area contributed by atoms with E-state index >= 15 is 0 Å². The van der Waals surface area contributed by atoms with Crippen molar-refractivity contribution in [1.29, 1.82) is 0 Å². The summed E-state index contributed by atoms with van der Waals surface area (Å²) in [5.74, 6) is 0. The van der Waals surface area contributed by atoms with Gasteiger partial charge in [0.1, 0.15) is 0 Å². The highest BCUT2D eigenvalue weighted by Crippen LogP contribution is 2.08. The molecule has 0 saturated heterocycles. The SMILES string of the molecule is CCC.Cc1n[nH]c(C)c1CCN. The molecule has 1 aromatic heterocycles. The van der Waals surface area contributed by atoms with Crippen LogP contribution in [0.15, 0.2) is 0 Å². The fraction of sp³-hybridized carbons (Fsp3) is 0.700. The number of aryl methyl sites for hydroxylation is 2. The van der Waals surface area contributed by atoms with E-state index in [-0.39, 0.29) is 0 Å². The summed E-state index contributed by atoms with van der Waals surface area (Å²) in [5, 5.41) is 6.97. The third-order valence-corrected chi connectivity index (χ3v) is 1.68. The zero-order valence-corrected chi connectivity index (χ0v) is 9.15. The van der Waals surface area contributed by atoms with Crippen molar-refractivity contribution in [2.75, 3.05) is 6.54 Å². The Morgan fingerprint density at radius 3 is 2.15 bits per heavy atom. The van der Waals surface area contributed by atoms with Crippen molar-refractivity contribution in [3.05, 3.63) is 17.0 Å². The number of H-pyrrole nitrogens is 1. The Kier molecular flexibility index (Phi) is 6.24. The maximum atomic E-state index is 5.42. The van der Waals surface area contributed by atoms with E-state index < -0.39 is 0 Å². The van der Waals surface area contributed by atoms with Crippen LogP contribution in [0.1, 0.15) is 37.2 Å². The second kappa shape index (κ2) is 6.66. The van der Waals surface area contributed by atoms with E-state index in [0.29, 0.717) is 6.54 Å². The van der Waals surface area contributed by atoms with Gasteiger partial charge in [-0.25, -0.2) is 0 Å². The third-order valence-electron chi connectivity index (χ3n) is 1.68. The Morgan fingerprint density at radius 2 is 1.85 bits per heavy atom. The molecule has 3 N–H and O–H groups in total. The van der Waals surface area contributed by atoms with Crippen molar-refractivity contribution in [3.63, 3.8) is 0 Å². The van der Waals surface area contributed by atoms with Crippen molar-refractivity contribution < 1.29 is 0 Å². The van der Waals surface area contributed by atoms with Crippen LogP contribution >= 0.6 is 0 Å². The fourth-order valence-electron chi connectivity index (χ4n) is 1.09. The number of hydrogen-bond acceptors (Lipinski definition) is 2. The van der Waals surface area contributed by atoms with E-state index in [0.717, 1.165) is 17.8 Å². The quantitative estimate of drug-likeness (QED) is 0.736. The molecule has 3 heteroatoms. The molecule has 0 saturated carbocycles. The number of aromatic nitrogens is 2. The van der Waals surface area contributed by atoms with Gasteiger partial charge in [0, 0.05) is 5.69 Å². The predicted octanol–water partition coefficient (Wildman–Crippen LogP) is 1.94. The van der Waals surface area contributed by atoms with Crippen LogP contribution in [0.4, 0.5) is 0 Å². The summed E-state index contributed by atoms with van der Waals surface area (Å²) in [6, 6.07) is 0. The lowest BCUT2D eigenvalue weighted by Crippen LogP contribution is -2.03. The first kappa shape index (κ1) is 12.2. The van der Waals surface area contributed by atoms with Crippen LogP contribution in [0, 0.1) is 13.8 Å². The monoisotopic (exact) mass is 183 g/mol. The summed E-state index contributed by atoms with van der Waals surface area (Å²) in [5.41, 5.74) is 8.90. The van der Waals surface area contributed by atoms with E-state index in [1.807, 2.05) is 13.8 Å². The van der Waals surface area contributed by atoms with E-state index in [4.69, 9.17) is 5.73 Å². The van der Waals surface area contributed by atoms with Crippen LogP contribution in [-0.2, 0) is 6.42 Å². The van der Waals surface area contributed by atoms with Crippen molar-refractivity contribution in [2.45, 2.75) is 40.5 Å². The van der Waals surface area contributed by atoms with E-state index in [2.05, 4.69) is 24.0 Å². The molecule has 13 heavy (non-hydrogen) atoms. The Labute approximate surface area is 80.7 Å². The molecule has 0 aliphatic heterocycles. The van der Waals surface area contributed by atoms with Crippen LogP contribution in [-0.4, -0.2) is 16.7 Å². The van der Waals surface area contributed by atoms with Gasteiger partial charge >= 0.3 is 0 Å². The maximum Gasteiger partial charge on any atom is 0.0626 e. The van der Waals surface area contributed by atoms with Crippen LogP contribution in [0.2, 0.25) is 0 Å². The van der Waals surface area contributed by atoms with Crippen molar-refractivity contribution in [3.8, 4) is 0 Å². The van der Waals surface area contributed by atoms with Gasteiger partial charge in [-0.1, -0.05) is 20.3 Å². The van der Waals surface area contributed by atoms with Crippen molar-refractivity contribution in [2.24, 2.45) is 5.73 Å². The van der Waals surface area contributed by atoms with Gasteiger partial charge in [-0.05, 0) is 32.4 Å². The summed E-state index contributed by atoms with van der Waals surface area (Å²) >= 11 is 0. The van der Waals surface area contributed by atoms with Gasteiger partial charge in [-0.2, -0.15) is 5.10 Å². The first-order chi connectivity index (χ1) is 6.17. The van der Waals surface area contributed by atoms with Crippen LogP contribution in [0.25, 0.3) is 0 Å². The summed E-state index contributed by atoms with van der Waals surface area (Å²) in [7, 11) is 0. The molecule has 1 heterocycles. The molecule has 0 amide bonds. The second-order valence-corrected chi connectivity index (χ2v) is 3.16. The Morgan fingerprint density at radius 1 is 1.31 bits per heavy atom. The molecular formula is C10H21N3. The molecule has 0 aliphatic carbocycles. The molecule has 0 unspecified atom stereocenters. The molecule has 3 nitrogen and oxygen atoms in total. The molecule has 0 aliphatic rings. The lowest BCUT2D eigenvalue weighted by atomic mass is 10.1. The lowest BCUT2D eigenvalue weighted by Gasteiger charge is -1.95. The molecule has 0 fully saturated rings. The van der Waals surface area contributed by atoms with Gasteiger partial charge < -0.3 is 5.73 Å². The lowest BCUT2D eigenvalue weighted by molar-refractivity contribution is 0.949. The second-order valence-electron chi connectivity index (χ2n) is 3.16. The molecule has 0 bridgehead atoms. The third kappa shape index (κ3) is 4.08. The summed E-state index contributed by atoms with van der Waals surface area (Å²) in [6.45, 7) is 8.96. The molecule has 1 rings (SSSR count). The van der Waals surface area contributed by atoms with Gasteiger partial charge in [0.05, 0.1) is 5.69 Å². The van der Waals surface area contributed by atoms with Gasteiger partial charge in [-0.3, -0.25) is 5.10 Å². The normalized spacial score (nSPS) is 9.31. The van der Waals surface area contributed by atoms with Gasteiger partial charge in [0.25, 0.3) is 0 Å². The molecule has 0 radical (unpaired) electrons. The number of rotatable bonds is 2. The average Bonchev–Trinajstić information content (AvgIpc) is 2.38. The van der Waals surface area contributed by atoms with Crippen molar-refractivity contribution >= 4 is 0 Å². The highest BCUT2D eigenvalue weighted by molar-refractivity contribution is 5.23. The van der Waals surface area contributed by atoms with Crippen molar-refractivity contribution in [1.82, 2.24) is 10.2 Å². The van der Waals surface area contributed by atoms with E-state index in [1.54, 1.807) is 0 Å². The number of nitrogens with two attached hydrogens (primary N) is 1. The van der Waals surface area contributed by atoms with Gasteiger partial charge in [-0.15, -0.1) is 0 Å². The highest BCUT2D eigenvalue weighted by atomic mass is 15.1. The van der Waals surface area contributed by atoms with Crippen LogP contribution in [0.5, 0.6) is 0 Å². The first-order valence-corrected chi connectivity index (χ1v) is 4.87. The Hall–Kier alpha value is -0.830. The number of nitrogens with one attached hydrogen (secondary N) is 1. The van der Waals surface area contributed by atoms with E-state index in [9.17, 15) is 0 Å². The molecule has 0 atom stereocenters. The molecule has 1 aromatic rings. The summed E-state index contributed by atoms with van der Waals surface area (Å²) in [4.78, 5) is 0. The minimum absolute atomic E-state index is 0.696. The first-order valence-electron chi connectivity index (χ1n) is 4.87. The van der Waals surface area contributed by atoms with E-state index in [1.165, 1.54) is 12.0 Å².